The minimum absolute atomic E-state index is 0.419. The molecule has 24 heavy (non-hydrogen) atoms. The molecule has 2 rings (SSSR count). The minimum Gasteiger partial charge on any atom is -0.324 e. The molecular weight excluding hydrogens is 350 g/mol. The summed E-state index contributed by atoms with van der Waals surface area (Å²) in [6, 6.07) is 17.0. The Hall–Kier alpha value is -1.52. The van der Waals surface area contributed by atoms with E-state index in [0.717, 1.165) is 16.7 Å². The van der Waals surface area contributed by atoms with Crippen molar-refractivity contribution in [1.82, 2.24) is 0 Å². The van der Waals surface area contributed by atoms with E-state index in [1.54, 1.807) is 6.08 Å². The molecule has 0 aliphatic rings. The third-order valence-corrected chi connectivity index (χ3v) is 7.25. The SMILES string of the molecule is O=P(O)(O)C(CC=Cc1ccccc1-c1ccccc1)P(=O)(O)O. The topological polar surface area (TPSA) is 115 Å². The summed E-state index contributed by atoms with van der Waals surface area (Å²) in [4.78, 5) is 36.5. The molecule has 2 aromatic rings. The molecule has 0 aliphatic carbocycles. The van der Waals surface area contributed by atoms with E-state index in [-0.39, 0.29) is 0 Å². The molecule has 0 radical (unpaired) electrons. The van der Waals surface area contributed by atoms with Crippen LogP contribution >= 0.6 is 15.2 Å². The summed E-state index contributed by atoms with van der Waals surface area (Å²) >= 11 is 0. The van der Waals surface area contributed by atoms with Crippen molar-refractivity contribution in [2.75, 3.05) is 0 Å². The van der Waals surface area contributed by atoms with Gasteiger partial charge in [0.15, 0.2) is 5.40 Å². The van der Waals surface area contributed by atoms with Crippen molar-refractivity contribution >= 4 is 21.3 Å². The summed E-state index contributed by atoms with van der Waals surface area (Å²) in [5, 5.41) is -2.02. The van der Waals surface area contributed by atoms with Gasteiger partial charge >= 0.3 is 15.2 Å². The molecule has 0 fully saturated rings. The summed E-state index contributed by atoms with van der Waals surface area (Å²) in [6.07, 6.45) is 2.57. The lowest BCUT2D eigenvalue weighted by Crippen LogP contribution is -2.07. The van der Waals surface area contributed by atoms with Gasteiger partial charge in [-0.15, -0.1) is 0 Å². The first-order valence-corrected chi connectivity index (χ1v) is 10.5. The molecule has 4 N–H and O–H groups in total. The van der Waals surface area contributed by atoms with Gasteiger partial charge < -0.3 is 19.6 Å². The molecule has 0 saturated carbocycles. The van der Waals surface area contributed by atoms with Crippen molar-refractivity contribution in [3.8, 4) is 11.1 Å². The minimum atomic E-state index is -4.90. The smallest absolute Gasteiger partial charge is 0.324 e. The number of rotatable bonds is 6. The van der Waals surface area contributed by atoms with Crippen LogP contribution in [0.1, 0.15) is 12.0 Å². The normalized spacial score (nSPS) is 12.9. The molecule has 0 heterocycles. The highest BCUT2D eigenvalue weighted by Gasteiger charge is 2.42. The number of benzene rings is 2. The van der Waals surface area contributed by atoms with Crippen LogP contribution < -0.4 is 0 Å². The Bertz CT molecular complexity index is 784. The second-order valence-corrected chi connectivity index (χ2v) is 9.26. The predicted molar refractivity (Wildman–Crippen MR) is 93.4 cm³/mol. The number of hydrogen-bond donors (Lipinski definition) is 4. The van der Waals surface area contributed by atoms with Crippen LogP contribution in [0.5, 0.6) is 0 Å². The predicted octanol–water partition coefficient (Wildman–Crippen LogP) is 3.44. The van der Waals surface area contributed by atoms with Crippen LogP contribution in [-0.2, 0) is 9.13 Å². The van der Waals surface area contributed by atoms with Gasteiger partial charge in [0.2, 0.25) is 0 Å². The zero-order valence-corrected chi connectivity index (χ0v) is 14.4. The maximum Gasteiger partial charge on any atom is 0.341 e. The molecule has 8 heteroatoms. The quantitative estimate of drug-likeness (QED) is 0.581. The summed E-state index contributed by atoms with van der Waals surface area (Å²) in [5.41, 5.74) is 2.68. The van der Waals surface area contributed by atoms with E-state index < -0.39 is 27.0 Å². The molecule has 0 saturated heterocycles. The van der Waals surface area contributed by atoms with E-state index in [1.165, 1.54) is 6.08 Å². The van der Waals surface area contributed by atoms with Crippen LogP contribution in [0.4, 0.5) is 0 Å². The van der Waals surface area contributed by atoms with Crippen molar-refractivity contribution in [3.05, 3.63) is 66.2 Å². The van der Waals surface area contributed by atoms with Crippen molar-refractivity contribution in [2.45, 2.75) is 11.8 Å². The highest BCUT2D eigenvalue weighted by Crippen LogP contribution is 2.61. The average molecular weight is 368 g/mol. The van der Waals surface area contributed by atoms with Crippen molar-refractivity contribution in [3.63, 3.8) is 0 Å². The van der Waals surface area contributed by atoms with Gasteiger partial charge in [-0.3, -0.25) is 9.13 Å². The molecular formula is C16H18O6P2. The Morgan fingerprint density at radius 3 is 1.96 bits per heavy atom. The van der Waals surface area contributed by atoms with Crippen molar-refractivity contribution < 1.29 is 28.7 Å². The van der Waals surface area contributed by atoms with Gasteiger partial charge in [0.1, 0.15) is 0 Å². The second-order valence-electron chi connectivity index (χ2n) is 5.25. The standard InChI is InChI=1S/C16H18O6P2/c17-23(18,19)16(24(20,21)22)12-6-10-14-9-4-5-11-15(14)13-7-2-1-3-8-13/h1-11,16H,12H2,(H2,17,18,19)(H2,20,21,22). The lowest BCUT2D eigenvalue weighted by Gasteiger charge is -2.17. The van der Waals surface area contributed by atoms with Crippen molar-refractivity contribution in [2.24, 2.45) is 0 Å². The first-order valence-electron chi connectivity index (χ1n) is 7.11. The highest BCUT2D eigenvalue weighted by molar-refractivity contribution is 7.70. The Labute approximate surface area is 139 Å². The lowest BCUT2D eigenvalue weighted by atomic mass is 9.99. The highest BCUT2D eigenvalue weighted by atomic mass is 31.2. The van der Waals surface area contributed by atoms with Crippen LogP contribution in [0, 0.1) is 0 Å². The van der Waals surface area contributed by atoms with Crippen LogP contribution in [0.15, 0.2) is 60.7 Å². The fourth-order valence-electron chi connectivity index (χ4n) is 2.31. The summed E-state index contributed by atoms with van der Waals surface area (Å²) in [6.45, 7) is 0. The molecule has 0 bridgehead atoms. The van der Waals surface area contributed by atoms with Crippen LogP contribution in [0.2, 0.25) is 0 Å². The fourth-order valence-corrected chi connectivity index (χ4v) is 4.67. The van der Waals surface area contributed by atoms with Gasteiger partial charge in [0.05, 0.1) is 0 Å². The maximum absolute atomic E-state index is 11.3. The van der Waals surface area contributed by atoms with E-state index in [4.69, 9.17) is 19.6 Å². The number of allylic oxidation sites excluding steroid dienone is 1. The molecule has 0 spiro atoms. The maximum atomic E-state index is 11.3. The molecule has 0 aromatic heterocycles. The second kappa shape index (κ2) is 7.58. The van der Waals surface area contributed by atoms with E-state index in [9.17, 15) is 9.13 Å². The summed E-state index contributed by atoms with van der Waals surface area (Å²) in [7, 11) is -9.81. The first-order chi connectivity index (χ1) is 11.2. The number of hydrogen-bond acceptors (Lipinski definition) is 2. The Morgan fingerprint density at radius 1 is 0.833 bits per heavy atom. The molecule has 0 unspecified atom stereocenters. The van der Waals surface area contributed by atoms with Gasteiger partial charge in [-0.25, -0.2) is 0 Å². The summed E-state index contributed by atoms with van der Waals surface area (Å²) in [5.74, 6) is 0. The van der Waals surface area contributed by atoms with Crippen LogP contribution in [-0.4, -0.2) is 25.0 Å². The molecule has 128 valence electrons. The van der Waals surface area contributed by atoms with E-state index >= 15 is 0 Å². The zero-order chi connectivity index (χ0) is 17.8. The molecule has 0 aliphatic heterocycles. The Kier molecular flexibility index (Phi) is 5.94. The molecule has 0 atom stereocenters. The van der Waals surface area contributed by atoms with Crippen LogP contribution in [0.3, 0.4) is 0 Å². The van der Waals surface area contributed by atoms with E-state index in [0.29, 0.717) is 0 Å². The zero-order valence-electron chi connectivity index (χ0n) is 12.6. The fraction of sp³-hybridized carbons (Fsp3) is 0.125. The van der Waals surface area contributed by atoms with E-state index in [1.807, 2.05) is 54.6 Å². The van der Waals surface area contributed by atoms with Gasteiger partial charge in [-0.1, -0.05) is 66.7 Å². The molecule has 2 aromatic carbocycles. The van der Waals surface area contributed by atoms with Crippen LogP contribution in [0.25, 0.3) is 17.2 Å². The summed E-state index contributed by atoms with van der Waals surface area (Å²) < 4.78 is 22.6. The van der Waals surface area contributed by atoms with Gasteiger partial charge in [0.25, 0.3) is 0 Å². The van der Waals surface area contributed by atoms with Gasteiger partial charge in [-0.2, -0.15) is 0 Å². The monoisotopic (exact) mass is 368 g/mol. The molecule has 0 amide bonds. The van der Waals surface area contributed by atoms with Gasteiger partial charge in [-0.05, 0) is 23.1 Å². The van der Waals surface area contributed by atoms with Gasteiger partial charge in [0, 0.05) is 0 Å². The Morgan fingerprint density at radius 2 is 1.38 bits per heavy atom. The lowest BCUT2D eigenvalue weighted by molar-refractivity contribution is 0.339. The average Bonchev–Trinajstić information content (AvgIpc) is 2.50. The Balaban J connectivity index is 2.27. The first kappa shape index (κ1) is 18.8. The largest absolute Gasteiger partial charge is 0.341 e. The third kappa shape index (κ3) is 4.99. The molecule has 6 nitrogen and oxygen atoms in total. The third-order valence-electron chi connectivity index (χ3n) is 3.47. The van der Waals surface area contributed by atoms with Crippen molar-refractivity contribution in [1.29, 1.82) is 0 Å². The van der Waals surface area contributed by atoms with E-state index in [2.05, 4.69) is 0 Å².